The third kappa shape index (κ3) is 5.80. The number of benzene rings is 1. The van der Waals surface area contributed by atoms with Crippen LogP contribution < -0.4 is 4.80 Å². The first kappa shape index (κ1) is 27.5. The lowest BCUT2D eigenvalue weighted by Crippen LogP contribution is -2.47. The van der Waals surface area contributed by atoms with Gasteiger partial charge in [0.05, 0.1) is 33.8 Å². The van der Waals surface area contributed by atoms with Gasteiger partial charge in [0.25, 0.3) is 15.9 Å². The van der Waals surface area contributed by atoms with E-state index in [0.717, 1.165) is 22.7 Å². The Balaban J connectivity index is 1.76. The minimum atomic E-state index is -3.95. The molecule has 1 aromatic carbocycles. The van der Waals surface area contributed by atoms with E-state index in [1.54, 1.807) is 25.1 Å². The summed E-state index contributed by atoms with van der Waals surface area (Å²) in [4.78, 5) is 42.2. The van der Waals surface area contributed by atoms with Gasteiger partial charge in [0.1, 0.15) is 16.8 Å². The van der Waals surface area contributed by atoms with Crippen LogP contribution in [0.2, 0.25) is 4.34 Å². The number of methoxy groups -OCH3 is 1. The Morgan fingerprint density at radius 3 is 2.62 bits per heavy atom. The highest BCUT2D eigenvalue weighted by Gasteiger charge is 2.38. The molecule has 1 atom stereocenters. The van der Waals surface area contributed by atoms with Gasteiger partial charge in [-0.15, -0.1) is 11.3 Å². The first-order chi connectivity index (χ1) is 17.6. The average Bonchev–Trinajstić information content (AvgIpc) is 3.47. The maximum absolute atomic E-state index is 13.4. The van der Waals surface area contributed by atoms with Crippen LogP contribution in [0.5, 0.6) is 0 Å². The van der Waals surface area contributed by atoms with Crippen molar-refractivity contribution in [3.63, 3.8) is 0 Å². The summed E-state index contributed by atoms with van der Waals surface area (Å²) in [6.07, 6.45) is 1.60. The minimum absolute atomic E-state index is 0.0614. The molecule has 0 saturated carbocycles. The van der Waals surface area contributed by atoms with Gasteiger partial charge in [0.2, 0.25) is 0 Å². The molecule has 1 aliphatic rings. The van der Waals surface area contributed by atoms with E-state index in [1.807, 2.05) is 0 Å². The third-order valence-corrected chi connectivity index (χ3v) is 10.4. The SMILES string of the molecule is CCOC(=O)c1ccc2c(c1)sc(=NC(=O)C1CCCCN1S(=O)(=O)c1ccc(Cl)s1)n2CC(=O)OC. The molecule has 1 unspecified atom stereocenters. The molecule has 14 heteroatoms. The standard InChI is InChI=1S/C23H24ClN3O7S3/c1-3-34-22(30)14-7-8-15-17(12-14)35-23(26(15)13-19(28)33-2)25-21(29)16-6-4-5-11-27(16)37(31,32)20-10-9-18(24)36-20/h7-10,12,16H,3-6,11,13H2,1-2H3. The Bertz CT molecular complexity index is 1520. The number of aromatic nitrogens is 1. The molecule has 2 aromatic heterocycles. The van der Waals surface area contributed by atoms with Gasteiger partial charge < -0.3 is 14.0 Å². The second-order valence-electron chi connectivity index (χ2n) is 8.09. The van der Waals surface area contributed by atoms with E-state index in [1.165, 1.54) is 28.1 Å². The Hall–Kier alpha value is -2.58. The number of halogens is 1. The molecule has 198 valence electrons. The summed E-state index contributed by atoms with van der Waals surface area (Å²) in [5.74, 6) is -1.69. The van der Waals surface area contributed by atoms with Gasteiger partial charge in [0, 0.05) is 6.54 Å². The summed E-state index contributed by atoms with van der Waals surface area (Å²) in [5, 5.41) is 0. The Labute approximate surface area is 226 Å². The number of piperidine rings is 1. The van der Waals surface area contributed by atoms with Crippen LogP contribution in [-0.4, -0.2) is 61.4 Å². The van der Waals surface area contributed by atoms with Gasteiger partial charge in [-0.25, -0.2) is 13.2 Å². The predicted octanol–water partition coefficient (Wildman–Crippen LogP) is 3.44. The fraction of sp³-hybridized carbons (Fsp3) is 0.391. The molecule has 0 bridgehead atoms. The van der Waals surface area contributed by atoms with E-state index in [-0.39, 0.29) is 28.7 Å². The van der Waals surface area contributed by atoms with Crippen molar-refractivity contribution in [2.75, 3.05) is 20.3 Å². The maximum atomic E-state index is 13.4. The third-order valence-electron chi connectivity index (χ3n) is 5.76. The summed E-state index contributed by atoms with van der Waals surface area (Å²) in [6, 6.07) is 6.74. The average molecular weight is 586 g/mol. The molecule has 3 aromatic rings. The van der Waals surface area contributed by atoms with Gasteiger partial charge in [0.15, 0.2) is 4.80 Å². The van der Waals surface area contributed by atoms with E-state index in [2.05, 4.69) is 4.99 Å². The van der Waals surface area contributed by atoms with E-state index < -0.39 is 33.9 Å². The van der Waals surface area contributed by atoms with E-state index in [9.17, 15) is 22.8 Å². The van der Waals surface area contributed by atoms with Crippen LogP contribution in [0, 0.1) is 0 Å². The molecule has 37 heavy (non-hydrogen) atoms. The fourth-order valence-electron chi connectivity index (χ4n) is 4.01. The quantitative estimate of drug-likeness (QED) is 0.389. The topological polar surface area (TPSA) is 124 Å². The van der Waals surface area contributed by atoms with Crippen molar-refractivity contribution in [1.29, 1.82) is 0 Å². The molecular weight excluding hydrogens is 562 g/mol. The van der Waals surface area contributed by atoms with Crippen molar-refractivity contribution in [2.45, 2.75) is 43.0 Å². The monoisotopic (exact) mass is 585 g/mol. The van der Waals surface area contributed by atoms with Crippen LogP contribution in [0.4, 0.5) is 0 Å². The predicted molar refractivity (Wildman–Crippen MR) is 139 cm³/mol. The molecule has 0 N–H and O–H groups in total. The molecule has 1 amide bonds. The highest BCUT2D eigenvalue weighted by Crippen LogP contribution is 2.32. The molecular formula is C23H24ClN3O7S3. The molecule has 1 fully saturated rings. The Morgan fingerprint density at radius 2 is 1.95 bits per heavy atom. The first-order valence-electron chi connectivity index (χ1n) is 11.4. The number of nitrogens with zero attached hydrogens (tertiary/aromatic N) is 3. The Morgan fingerprint density at radius 1 is 1.16 bits per heavy atom. The second kappa shape index (κ2) is 11.4. The number of hydrogen-bond donors (Lipinski definition) is 0. The number of carbonyl (C=O) groups is 3. The van der Waals surface area contributed by atoms with Crippen molar-refractivity contribution in [2.24, 2.45) is 4.99 Å². The van der Waals surface area contributed by atoms with E-state index in [4.69, 9.17) is 21.1 Å². The van der Waals surface area contributed by atoms with Crippen LogP contribution in [0.15, 0.2) is 39.5 Å². The summed E-state index contributed by atoms with van der Waals surface area (Å²) >= 11 is 7.99. The number of fused-ring (bicyclic) bond motifs is 1. The molecule has 10 nitrogen and oxygen atoms in total. The van der Waals surface area contributed by atoms with Gasteiger partial charge in [-0.05, 0) is 50.1 Å². The highest BCUT2D eigenvalue weighted by molar-refractivity contribution is 7.91. The Kier molecular flexibility index (Phi) is 8.49. The number of rotatable bonds is 7. The zero-order chi connectivity index (χ0) is 26.7. The van der Waals surface area contributed by atoms with Gasteiger partial charge in [-0.3, -0.25) is 9.59 Å². The molecule has 3 heterocycles. The fourth-order valence-corrected chi connectivity index (χ4v) is 8.34. The smallest absolute Gasteiger partial charge is 0.338 e. The zero-order valence-corrected chi connectivity index (χ0v) is 23.2. The van der Waals surface area contributed by atoms with Gasteiger partial charge in [-0.2, -0.15) is 9.30 Å². The number of ether oxygens (including phenoxy) is 2. The molecule has 0 spiro atoms. The number of amides is 1. The van der Waals surface area contributed by atoms with Crippen LogP contribution in [0.3, 0.4) is 0 Å². The number of thiazole rings is 1. The second-order valence-corrected chi connectivity index (χ2v) is 12.9. The number of esters is 2. The molecule has 4 rings (SSSR count). The summed E-state index contributed by atoms with van der Waals surface area (Å²) in [6.45, 7) is 1.89. The van der Waals surface area contributed by atoms with E-state index in [0.29, 0.717) is 39.4 Å². The summed E-state index contributed by atoms with van der Waals surface area (Å²) < 4.78 is 40.1. The maximum Gasteiger partial charge on any atom is 0.338 e. The molecule has 1 saturated heterocycles. The largest absolute Gasteiger partial charge is 0.468 e. The van der Waals surface area contributed by atoms with Crippen molar-refractivity contribution in [3.05, 3.63) is 45.0 Å². The lowest BCUT2D eigenvalue weighted by atomic mass is 10.0. The summed E-state index contributed by atoms with van der Waals surface area (Å²) in [7, 11) is -2.70. The number of thiophene rings is 1. The zero-order valence-electron chi connectivity index (χ0n) is 20.0. The molecule has 1 aliphatic heterocycles. The number of carbonyl (C=O) groups excluding carboxylic acids is 3. The van der Waals surface area contributed by atoms with E-state index >= 15 is 0 Å². The number of sulfonamides is 1. The lowest BCUT2D eigenvalue weighted by Gasteiger charge is -2.31. The van der Waals surface area contributed by atoms with Gasteiger partial charge >= 0.3 is 11.9 Å². The van der Waals surface area contributed by atoms with Crippen LogP contribution in [0.25, 0.3) is 10.2 Å². The van der Waals surface area contributed by atoms with Crippen molar-refractivity contribution in [3.8, 4) is 0 Å². The van der Waals surface area contributed by atoms with Crippen LogP contribution in [-0.2, 0) is 35.6 Å². The van der Waals surface area contributed by atoms with Crippen molar-refractivity contribution >= 4 is 72.4 Å². The van der Waals surface area contributed by atoms with Crippen molar-refractivity contribution < 1.29 is 32.3 Å². The van der Waals surface area contributed by atoms with Gasteiger partial charge in [-0.1, -0.05) is 29.4 Å². The van der Waals surface area contributed by atoms with Crippen LogP contribution >= 0.6 is 34.3 Å². The highest BCUT2D eigenvalue weighted by atomic mass is 35.5. The number of hydrogen-bond acceptors (Lipinski definition) is 9. The minimum Gasteiger partial charge on any atom is -0.468 e. The normalized spacial score (nSPS) is 17.2. The summed E-state index contributed by atoms with van der Waals surface area (Å²) in [5.41, 5.74) is 0.884. The molecule has 0 radical (unpaired) electrons. The lowest BCUT2D eigenvalue weighted by molar-refractivity contribution is -0.141. The van der Waals surface area contributed by atoms with Crippen LogP contribution in [0.1, 0.15) is 36.5 Å². The molecule has 0 aliphatic carbocycles. The van der Waals surface area contributed by atoms with Crippen molar-refractivity contribution in [1.82, 2.24) is 8.87 Å². The first-order valence-corrected chi connectivity index (χ1v) is 14.8.